The van der Waals surface area contributed by atoms with Crippen molar-refractivity contribution in [2.45, 2.75) is 39.8 Å². The molecule has 0 aromatic heterocycles. The van der Waals surface area contributed by atoms with Crippen LogP contribution in [0.2, 0.25) is 0 Å². The van der Waals surface area contributed by atoms with Crippen molar-refractivity contribution in [3.8, 4) is 0 Å². The van der Waals surface area contributed by atoms with Crippen molar-refractivity contribution in [3.63, 3.8) is 0 Å². The van der Waals surface area contributed by atoms with Gasteiger partial charge in [-0.15, -0.1) is 0 Å². The van der Waals surface area contributed by atoms with Crippen LogP contribution < -0.4 is 10.6 Å². The lowest BCUT2D eigenvalue weighted by atomic mass is 10.1. The van der Waals surface area contributed by atoms with E-state index >= 15 is 0 Å². The highest BCUT2D eigenvalue weighted by Gasteiger charge is 2.23. The van der Waals surface area contributed by atoms with Crippen molar-refractivity contribution in [1.82, 2.24) is 5.32 Å². The number of anilines is 1. The number of hydrogen-bond acceptors (Lipinski definition) is 4. The van der Waals surface area contributed by atoms with Crippen molar-refractivity contribution in [3.05, 3.63) is 65.2 Å². The van der Waals surface area contributed by atoms with E-state index in [1.807, 2.05) is 38.1 Å². The number of aryl methyl sites for hydroxylation is 2. The van der Waals surface area contributed by atoms with E-state index in [4.69, 9.17) is 4.74 Å². The average Bonchev–Trinajstić information content (AvgIpc) is 2.61. The summed E-state index contributed by atoms with van der Waals surface area (Å²) in [7, 11) is 0. The number of nitrogens with one attached hydrogen (secondary N) is 2. The Labute approximate surface area is 158 Å². The zero-order valence-electron chi connectivity index (χ0n) is 15.9. The van der Waals surface area contributed by atoms with Crippen LogP contribution in [-0.4, -0.2) is 29.9 Å². The normalized spacial score (nSPS) is 12.6. The molecule has 2 aromatic carbocycles. The van der Waals surface area contributed by atoms with E-state index in [9.17, 15) is 14.4 Å². The highest BCUT2D eigenvalue weighted by Crippen LogP contribution is 2.11. The number of rotatable bonds is 6. The second-order valence-electron chi connectivity index (χ2n) is 6.50. The molecule has 27 heavy (non-hydrogen) atoms. The summed E-state index contributed by atoms with van der Waals surface area (Å²) in [5, 5.41) is 5.28. The van der Waals surface area contributed by atoms with Crippen molar-refractivity contribution < 1.29 is 19.1 Å². The fourth-order valence-electron chi connectivity index (χ4n) is 2.42. The zero-order chi connectivity index (χ0) is 20.0. The smallest absolute Gasteiger partial charge is 0.329 e. The van der Waals surface area contributed by atoms with Crippen LogP contribution >= 0.6 is 0 Å². The molecule has 0 heterocycles. The van der Waals surface area contributed by atoms with Crippen LogP contribution in [0, 0.1) is 13.8 Å². The summed E-state index contributed by atoms with van der Waals surface area (Å²) < 4.78 is 5.17. The van der Waals surface area contributed by atoms with Gasteiger partial charge in [0.25, 0.3) is 11.8 Å². The Bertz CT molecular complexity index is 848. The first-order chi connectivity index (χ1) is 12.8. The van der Waals surface area contributed by atoms with Gasteiger partial charge in [0.05, 0.1) is 0 Å². The Balaban J connectivity index is 1.89. The number of benzene rings is 2. The van der Waals surface area contributed by atoms with Crippen molar-refractivity contribution in [2.24, 2.45) is 0 Å². The van der Waals surface area contributed by atoms with Crippen molar-refractivity contribution in [1.29, 1.82) is 0 Å². The standard InChI is InChI=1S/C21H24N2O4/c1-13-7-5-9-17(11-13)20(25)22-15(3)21(26)27-16(4)19(24)23-18-10-6-8-14(2)12-18/h5-12,15-16H,1-4H3,(H,22,25)(H,23,24)/t15-,16-/m0/s1. The van der Waals surface area contributed by atoms with Gasteiger partial charge in [0.1, 0.15) is 6.04 Å². The highest BCUT2D eigenvalue weighted by atomic mass is 16.5. The van der Waals surface area contributed by atoms with E-state index in [0.29, 0.717) is 11.3 Å². The summed E-state index contributed by atoms with van der Waals surface area (Å²) in [5.74, 6) is -1.49. The number of ether oxygens (including phenoxy) is 1. The molecule has 2 N–H and O–H groups in total. The van der Waals surface area contributed by atoms with Gasteiger partial charge in [0.15, 0.2) is 6.10 Å². The minimum atomic E-state index is -0.990. The molecule has 0 unspecified atom stereocenters. The van der Waals surface area contributed by atoms with Gasteiger partial charge in [-0.1, -0.05) is 29.8 Å². The molecule has 0 fully saturated rings. The predicted octanol–water partition coefficient (Wildman–Crippen LogP) is 2.99. The summed E-state index contributed by atoms with van der Waals surface area (Å²) in [6.45, 7) is 6.79. The molecule has 0 saturated heterocycles. The number of carbonyl (C=O) groups excluding carboxylic acids is 3. The van der Waals surface area contributed by atoms with E-state index in [1.165, 1.54) is 13.8 Å². The monoisotopic (exact) mass is 368 g/mol. The van der Waals surface area contributed by atoms with Crippen molar-refractivity contribution in [2.75, 3.05) is 5.32 Å². The maximum Gasteiger partial charge on any atom is 0.329 e. The molecule has 2 atom stereocenters. The molecule has 0 aliphatic carbocycles. The van der Waals surface area contributed by atoms with Crippen LogP contribution in [0.4, 0.5) is 5.69 Å². The van der Waals surface area contributed by atoms with Gasteiger partial charge in [-0.3, -0.25) is 9.59 Å². The molecule has 2 aromatic rings. The Kier molecular flexibility index (Phi) is 6.71. The summed E-state index contributed by atoms with van der Waals surface area (Å²) in [6.07, 6.45) is -0.990. The van der Waals surface area contributed by atoms with Crippen molar-refractivity contribution >= 4 is 23.5 Å². The van der Waals surface area contributed by atoms with Crippen LogP contribution in [0.15, 0.2) is 48.5 Å². The Morgan fingerprint density at radius 2 is 1.56 bits per heavy atom. The van der Waals surface area contributed by atoms with Crippen LogP contribution in [0.3, 0.4) is 0 Å². The second kappa shape index (κ2) is 8.98. The first kappa shape index (κ1) is 20.2. The predicted molar refractivity (Wildman–Crippen MR) is 103 cm³/mol. The van der Waals surface area contributed by atoms with Gasteiger partial charge in [-0.2, -0.15) is 0 Å². The summed E-state index contributed by atoms with van der Waals surface area (Å²) >= 11 is 0. The van der Waals surface area contributed by atoms with Crippen LogP contribution in [0.25, 0.3) is 0 Å². The van der Waals surface area contributed by atoms with Gasteiger partial charge in [-0.25, -0.2) is 4.79 Å². The molecule has 0 aliphatic rings. The number of carbonyl (C=O) groups is 3. The van der Waals surface area contributed by atoms with Gasteiger partial charge < -0.3 is 15.4 Å². The molecule has 2 amide bonds. The summed E-state index contributed by atoms with van der Waals surface area (Å²) in [4.78, 5) is 36.6. The van der Waals surface area contributed by atoms with Crippen LogP contribution in [0.1, 0.15) is 35.3 Å². The SMILES string of the molecule is Cc1cccc(NC(=O)[C@H](C)OC(=O)[C@H](C)NC(=O)c2cccc(C)c2)c1. The largest absolute Gasteiger partial charge is 0.451 e. The third-order valence-corrected chi connectivity index (χ3v) is 3.93. The molecular formula is C21H24N2O4. The molecule has 0 bridgehead atoms. The molecule has 6 heteroatoms. The minimum Gasteiger partial charge on any atom is -0.451 e. The quantitative estimate of drug-likeness (QED) is 0.768. The number of esters is 1. The molecule has 0 radical (unpaired) electrons. The summed E-state index contributed by atoms with van der Waals surface area (Å²) in [6, 6.07) is 13.5. The van der Waals surface area contributed by atoms with E-state index in [1.54, 1.807) is 24.3 Å². The lowest BCUT2D eigenvalue weighted by Gasteiger charge is -2.18. The van der Waals surface area contributed by atoms with Gasteiger partial charge in [0.2, 0.25) is 0 Å². The molecular weight excluding hydrogens is 344 g/mol. The molecule has 0 saturated carbocycles. The first-order valence-electron chi connectivity index (χ1n) is 8.72. The van der Waals surface area contributed by atoms with E-state index in [0.717, 1.165) is 11.1 Å². The molecule has 0 spiro atoms. The first-order valence-corrected chi connectivity index (χ1v) is 8.72. The molecule has 0 aliphatic heterocycles. The Morgan fingerprint density at radius 1 is 0.926 bits per heavy atom. The maximum atomic E-state index is 12.2. The minimum absolute atomic E-state index is 0.375. The van der Waals surface area contributed by atoms with E-state index in [-0.39, 0.29) is 5.91 Å². The third kappa shape index (κ3) is 5.95. The Morgan fingerprint density at radius 3 is 2.19 bits per heavy atom. The average molecular weight is 368 g/mol. The van der Waals surface area contributed by atoms with E-state index in [2.05, 4.69) is 10.6 Å². The molecule has 2 rings (SSSR count). The number of hydrogen-bond donors (Lipinski definition) is 2. The second-order valence-corrected chi connectivity index (χ2v) is 6.50. The van der Waals surface area contributed by atoms with Gasteiger partial charge >= 0.3 is 5.97 Å². The topological polar surface area (TPSA) is 84.5 Å². The van der Waals surface area contributed by atoms with Crippen LogP contribution in [0.5, 0.6) is 0 Å². The Hall–Kier alpha value is -3.15. The fraction of sp³-hybridized carbons (Fsp3) is 0.286. The zero-order valence-corrected chi connectivity index (χ0v) is 15.9. The third-order valence-electron chi connectivity index (χ3n) is 3.93. The molecule has 6 nitrogen and oxygen atoms in total. The highest BCUT2D eigenvalue weighted by molar-refractivity contribution is 5.98. The lowest BCUT2D eigenvalue weighted by Crippen LogP contribution is -2.42. The molecule has 142 valence electrons. The summed E-state index contributed by atoms with van der Waals surface area (Å²) in [5.41, 5.74) is 3.04. The fourth-order valence-corrected chi connectivity index (χ4v) is 2.42. The maximum absolute atomic E-state index is 12.2. The van der Waals surface area contributed by atoms with Gasteiger partial charge in [-0.05, 0) is 57.5 Å². The van der Waals surface area contributed by atoms with Crippen LogP contribution in [-0.2, 0) is 14.3 Å². The van der Waals surface area contributed by atoms with E-state index < -0.39 is 24.0 Å². The number of amides is 2. The van der Waals surface area contributed by atoms with Gasteiger partial charge in [0, 0.05) is 11.3 Å². The lowest BCUT2D eigenvalue weighted by molar-refractivity contribution is -0.154.